The van der Waals surface area contributed by atoms with E-state index in [1.165, 1.54) is 0 Å². The summed E-state index contributed by atoms with van der Waals surface area (Å²) in [5.41, 5.74) is 5.54. The van der Waals surface area contributed by atoms with Gasteiger partial charge in [0.1, 0.15) is 0 Å². The Morgan fingerprint density at radius 1 is 1.15 bits per heavy atom. The van der Waals surface area contributed by atoms with Gasteiger partial charge in [-0.3, -0.25) is 4.79 Å². The summed E-state index contributed by atoms with van der Waals surface area (Å²) in [6.07, 6.45) is 8.21. The van der Waals surface area contributed by atoms with Gasteiger partial charge in [-0.15, -0.1) is 6.58 Å². The van der Waals surface area contributed by atoms with Crippen molar-refractivity contribution in [2.45, 2.75) is 66.2 Å². The first-order valence-electron chi connectivity index (χ1n) is 7.84. The fourth-order valence-electron chi connectivity index (χ4n) is 1.90. The molecule has 20 heavy (non-hydrogen) atoms. The molecule has 0 aromatic heterocycles. The average Bonchev–Trinajstić information content (AvgIpc) is 2.40. The minimum absolute atomic E-state index is 0.113. The number of hydrogen-bond donors (Lipinski definition) is 2. The van der Waals surface area contributed by atoms with Crippen molar-refractivity contribution in [1.29, 1.82) is 0 Å². The molecule has 0 fully saturated rings. The van der Waals surface area contributed by atoms with Crippen LogP contribution in [0.15, 0.2) is 12.7 Å². The highest BCUT2D eigenvalue weighted by Crippen LogP contribution is 2.30. The Balaban J connectivity index is 3.96. The third-order valence-electron chi connectivity index (χ3n) is 3.96. The normalized spacial score (nSPS) is 12.2. The van der Waals surface area contributed by atoms with E-state index in [-0.39, 0.29) is 16.7 Å². The quantitative estimate of drug-likeness (QED) is 0.449. The molecule has 3 N–H and O–H groups in total. The molecule has 0 rings (SSSR count). The zero-order chi connectivity index (χ0) is 15.6. The fraction of sp³-hybridized carbons (Fsp3) is 0.824. The molecule has 3 heteroatoms. The zero-order valence-electron chi connectivity index (χ0n) is 13.9. The highest BCUT2D eigenvalue weighted by Gasteiger charge is 2.29. The van der Waals surface area contributed by atoms with Crippen LogP contribution < -0.4 is 11.1 Å². The van der Waals surface area contributed by atoms with Gasteiger partial charge in [-0.1, -0.05) is 40.2 Å². The van der Waals surface area contributed by atoms with Crippen LogP contribution in [0.1, 0.15) is 66.2 Å². The summed E-state index contributed by atoms with van der Waals surface area (Å²) in [6, 6.07) is 0. The molecule has 0 saturated carbocycles. The summed E-state index contributed by atoms with van der Waals surface area (Å²) in [5, 5.41) is 3.06. The molecule has 0 aliphatic rings. The molecule has 0 aromatic rings. The first-order valence-corrected chi connectivity index (χ1v) is 7.84. The summed E-state index contributed by atoms with van der Waals surface area (Å²) in [6.45, 7) is 13.5. The molecule has 0 bridgehead atoms. The number of hydrogen-bond acceptors (Lipinski definition) is 2. The monoisotopic (exact) mass is 282 g/mol. The van der Waals surface area contributed by atoms with Crippen LogP contribution in [0, 0.1) is 10.8 Å². The average molecular weight is 282 g/mol. The van der Waals surface area contributed by atoms with Gasteiger partial charge in [-0.05, 0) is 44.1 Å². The summed E-state index contributed by atoms with van der Waals surface area (Å²) in [4.78, 5) is 12.2. The maximum atomic E-state index is 12.2. The number of nitrogens with two attached hydrogens (primary N) is 1. The molecule has 0 aliphatic heterocycles. The second-order valence-electron chi connectivity index (χ2n) is 7.15. The Labute approximate surface area is 125 Å². The second kappa shape index (κ2) is 9.17. The Bertz CT molecular complexity index is 295. The van der Waals surface area contributed by atoms with Crippen molar-refractivity contribution in [3.8, 4) is 0 Å². The molecule has 0 aromatic carbocycles. The minimum Gasteiger partial charge on any atom is -0.356 e. The van der Waals surface area contributed by atoms with Crippen LogP contribution in [-0.4, -0.2) is 19.0 Å². The van der Waals surface area contributed by atoms with E-state index in [1.807, 2.05) is 19.9 Å². The van der Waals surface area contributed by atoms with Crippen LogP contribution in [0.25, 0.3) is 0 Å². The molecule has 0 unspecified atom stereocenters. The van der Waals surface area contributed by atoms with Crippen LogP contribution in [0.5, 0.6) is 0 Å². The molecule has 0 atom stereocenters. The van der Waals surface area contributed by atoms with Crippen molar-refractivity contribution in [3.05, 3.63) is 12.7 Å². The molecule has 0 saturated heterocycles. The molecule has 0 heterocycles. The first kappa shape index (κ1) is 19.2. The van der Waals surface area contributed by atoms with E-state index in [2.05, 4.69) is 25.7 Å². The Morgan fingerprint density at radius 3 is 2.35 bits per heavy atom. The lowest BCUT2D eigenvalue weighted by atomic mass is 9.78. The number of nitrogens with one attached hydrogen (secondary N) is 1. The van der Waals surface area contributed by atoms with Crippen molar-refractivity contribution >= 4 is 5.91 Å². The highest BCUT2D eigenvalue weighted by molar-refractivity contribution is 5.81. The van der Waals surface area contributed by atoms with E-state index in [9.17, 15) is 4.79 Å². The van der Waals surface area contributed by atoms with E-state index in [0.717, 1.165) is 45.1 Å². The predicted octanol–water partition coefficient (Wildman–Crippen LogP) is 3.64. The fourth-order valence-corrected chi connectivity index (χ4v) is 1.90. The molecule has 1 amide bonds. The molecule has 0 aliphatic carbocycles. The third kappa shape index (κ3) is 8.36. The molecular formula is C17H34N2O. The zero-order valence-corrected chi connectivity index (χ0v) is 13.9. The first-order chi connectivity index (χ1) is 9.25. The Hall–Kier alpha value is -0.830. The van der Waals surface area contributed by atoms with Crippen LogP contribution in [0.4, 0.5) is 0 Å². The van der Waals surface area contributed by atoms with Crippen molar-refractivity contribution in [2.24, 2.45) is 16.6 Å². The molecule has 0 spiro atoms. The number of carbonyl (C=O) groups is 1. The SMILES string of the molecule is C=CCCCCCNC(=O)C(C)(C)CCC(C)(C)CN. The van der Waals surface area contributed by atoms with Gasteiger partial charge >= 0.3 is 0 Å². The van der Waals surface area contributed by atoms with E-state index >= 15 is 0 Å². The Morgan fingerprint density at radius 2 is 1.80 bits per heavy atom. The van der Waals surface area contributed by atoms with Crippen LogP contribution in [0.2, 0.25) is 0 Å². The van der Waals surface area contributed by atoms with Crippen molar-refractivity contribution in [1.82, 2.24) is 5.32 Å². The number of allylic oxidation sites excluding steroid dienone is 1. The lowest BCUT2D eigenvalue weighted by Crippen LogP contribution is -2.38. The van der Waals surface area contributed by atoms with Crippen LogP contribution in [-0.2, 0) is 4.79 Å². The van der Waals surface area contributed by atoms with Crippen LogP contribution in [0.3, 0.4) is 0 Å². The van der Waals surface area contributed by atoms with E-state index < -0.39 is 0 Å². The number of amides is 1. The largest absolute Gasteiger partial charge is 0.356 e. The summed E-state index contributed by atoms with van der Waals surface area (Å²) < 4.78 is 0. The van der Waals surface area contributed by atoms with Crippen LogP contribution >= 0.6 is 0 Å². The standard InChI is InChI=1S/C17H34N2O/c1-6-7-8-9-10-13-19-15(20)17(4,5)12-11-16(2,3)14-18/h6H,1,7-14,18H2,2-5H3,(H,19,20). The van der Waals surface area contributed by atoms with Gasteiger partial charge < -0.3 is 11.1 Å². The van der Waals surface area contributed by atoms with Crippen molar-refractivity contribution < 1.29 is 4.79 Å². The van der Waals surface area contributed by atoms with Gasteiger partial charge in [0.2, 0.25) is 5.91 Å². The van der Waals surface area contributed by atoms with E-state index in [0.29, 0.717) is 6.54 Å². The minimum atomic E-state index is -0.312. The van der Waals surface area contributed by atoms with Crippen molar-refractivity contribution in [2.75, 3.05) is 13.1 Å². The predicted molar refractivity (Wildman–Crippen MR) is 87.5 cm³/mol. The van der Waals surface area contributed by atoms with Gasteiger partial charge in [0.15, 0.2) is 0 Å². The topological polar surface area (TPSA) is 55.1 Å². The van der Waals surface area contributed by atoms with E-state index in [1.54, 1.807) is 0 Å². The number of unbranched alkanes of at least 4 members (excludes halogenated alkanes) is 3. The summed E-state index contributed by atoms with van der Waals surface area (Å²) >= 11 is 0. The molecule has 118 valence electrons. The Kier molecular flexibility index (Phi) is 8.79. The molecular weight excluding hydrogens is 248 g/mol. The lowest BCUT2D eigenvalue weighted by molar-refractivity contribution is -0.129. The summed E-state index contributed by atoms with van der Waals surface area (Å²) in [5.74, 6) is 0.161. The van der Waals surface area contributed by atoms with Gasteiger partial charge in [-0.2, -0.15) is 0 Å². The third-order valence-corrected chi connectivity index (χ3v) is 3.96. The van der Waals surface area contributed by atoms with Gasteiger partial charge in [-0.25, -0.2) is 0 Å². The number of carbonyl (C=O) groups excluding carboxylic acids is 1. The number of rotatable bonds is 11. The maximum Gasteiger partial charge on any atom is 0.225 e. The highest BCUT2D eigenvalue weighted by atomic mass is 16.2. The van der Waals surface area contributed by atoms with Crippen molar-refractivity contribution in [3.63, 3.8) is 0 Å². The second-order valence-corrected chi connectivity index (χ2v) is 7.15. The van der Waals surface area contributed by atoms with Gasteiger partial charge in [0.05, 0.1) is 0 Å². The van der Waals surface area contributed by atoms with Gasteiger partial charge in [0, 0.05) is 12.0 Å². The smallest absolute Gasteiger partial charge is 0.225 e. The van der Waals surface area contributed by atoms with Gasteiger partial charge in [0.25, 0.3) is 0 Å². The molecule has 0 radical (unpaired) electrons. The summed E-state index contributed by atoms with van der Waals surface area (Å²) in [7, 11) is 0. The van der Waals surface area contributed by atoms with E-state index in [4.69, 9.17) is 5.73 Å². The maximum absolute atomic E-state index is 12.2. The lowest BCUT2D eigenvalue weighted by Gasteiger charge is -2.29. The molecule has 3 nitrogen and oxygen atoms in total.